The van der Waals surface area contributed by atoms with E-state index >= 15 is 0 Å². The van der Waals surface area contributed by atoms with Gasteiger partial charge in [-0.25, -0.2) is 9.59 Å². The number of ether oxygens (including phenoxy) is 2. The normalized spacial score (nSPS) is 13.3. The maximum absolute atomic E-state index is 11.9. The fraction of sp³-hybridized carbons (Fsp3) is 0.529. The van der Waals surface area contributed by atoms with Gasteiger partial charge in [0, 0.05) is 12.5 Å². The van der Waals surface area contributed by atoms with E-state index in [9.17, 15) is 14.7 Å². The van der Waals surface area contributed by atoms with Crippen LogP contribution >= 0.6 is 0 Å². The monoisotopic (exact) mass is 323 g/mol. The SMILES string of the molecule is COC(=O)[C@@H](O)C[C@H](CC(C)C)NC(=O)OCc1ccccc1. The summed E-state index contributed by atoms with van der Waals surface area (Å²) in [6, 6.07) is 8.97. The summed E-state index contributed by atoms with van der Waals surface area (Å²) < 4.78 is 9.66. The zero-order valence-electron chi connectivity index (χ0n) is 13.8. The van der Waals surface area contributed by atoms with Crippen LogP contribution in [0.4, 0.5) is 4.79 Å². The second-order valence-electron chi connectivity index (χ2n) is 5.81. The quantitative estimate of drug-likeness (QED) is 0.717. The number of esters is 1. The number of amides is 1. The maximum Gasteiger partial charge on any atom is 0.407 e. The Kier molecular flexibility index (Phi) is 8.11. The van der Waals surface area contributed by atoms with Crippen LogP contribution in [-0.2, 0) is 20.9 Å². The predicted octanol–water partition coefficient (Wildman–Crippen LogP) is 2.25. The lowest BCUT2D eigenvalue weighted by Gasteiger charge is -2.22. The van der Waals surface area contributed by atoms with E-state index in [1.807, 2.05) is 44.2 Å². The lowest BCUT2D eigenvalue weighted by atomic mass is 9.99. The zero-order chi connectivity index (χ0) is 17.2. The van der Waals surface area contributed by atoms with Crippen LogP contribution in [-0.4, -0.2) is 36.4 Å². The summed E-state index contributed by atoms with van der Waals surface area (Å²) in [5, 5.41) is 12.5. The number of alkyl carbamates (subject to hydrolysis) is 1. The summed E-state index contributed by atoms with van der Waals surface area (Å²) in [5.41, 5.74) is 0.887. The van der Waals surface area contributed by atoms with Gasteiger partial charge in [-0.15, -0.1) is 0 Å². The van der Waals surface area contributed by atoms with Crippen LogP contribution < -0.4 is 5.32 Å². The molecule has 0 aliphatic carbocycles. The van der Waals surface area contributed by atoms with E-state index in [0.29, 0.717) is 12.3 Å². The third kappa shape index (κ3) is 7.65. The minimum Gasteiger partial charge on any atom is -0.467 e. The molecular formula is C17H25NO5. The number of carbonyl (C=O) groups excluding carboxylic acids is 2. The van der Waals surface area contributed by atoms with E-state index in [1.54, 1.807) is 0 Å². The summed E-state index contributed by atoms with van der Waals surface area (Å²) in [6.07, 6.45) is -1.13. The highest BCUT2D eigenvalue weighted by Gasteiger charge is 2.23. The van der Waals surface area contributed by atoms with E-state index in [0.717, 1.165) is 5.56 Å². The van der Waals surface area contributed by atoms with Gasteiger partial charge in [-0.2, -0.15) is 0 Å². The van der Waals surface area contributed by atoms with Crippen molar-refractivity contribution in [3.05, 3.63) is 35.9 Å². The van der Waals surface area contributed by atoms with Crippen molar-refractivity contribution in [1.29, 1.82) is 0 Å². The van der Waals surface area contributed by atoms with Crippen molar-refractivity contribution in [3.63, 3.8) is 0 Å². The molecule has 2 atom stereocenters. The molecule has 2 N–H and O–H groups in total. The second kappa shape index (κ2) is 9.84. The standard InChI is InChI=1S/C17H25NO5/c1-12(2)9-14(10-15(19)16(20)22-3)18-17(21)23-11-13-7-5-4-6-8-13/h4-8,12,14-15,19H,9-11H2,1-3H3,(H,18,21)/t14-,15-/m0/s1. The fourth-order valence-electron chi connectivity index (χ4n) is 2.22. The first-order valence-corrected chi connectivity index (χ1v) is 7.65. The predicted molar refractivity (Wildman–Crippen MR) is 85.6 cm³/mol. The minimum atomic E-state index is -1.27. The molecule has 0 aromatic heterocycles. The molecule has 0 saturated carbocycles. The van der Waals surface area contributed by atoms with E-state index < -0.39 is 18.2 Å². The highest BCUT2D eigenvalue weighted by molar-refractivity contribution is 5.74. The van der Waals surface area contributed by atoms with Gasteiger partial charge in [0.1, 0.15) is 6.61 Å². The Morgan fingerprint density at radius 1 is 1.17 bits per heavy atom. The summed E-state index contributed by atoms with van der Waals surface area (Å²) in [7, 11) is 1.21. The highest BCUT2D eigenvalue weighted by Crippen LogP contribution is 2.12. The van der Waals surface area contributed by atoms with Gasteiger partial charge in [-0.05, 0) is 17.9 Å². The molecule has 0 heterocycles. The van der Waals surface area contributed by atoms with Gasteiger partial charge in [0.25, 0.3) is 0 Å². The van der Waals surface area contributed by atoms with Crippen LogP contribution in [0.1, 0.15) is 32.3 Å². The summed E-state index contributed by atoms with van der Waals surface area (Å²) in [5.74, 6) is -0.419. The topological polar surface area (TPSA) is 84.9 Å². The van der Waals surface area contributed by atoms with Crippen molar-refractivity contribution < 1.29 is 24.2 Å². The van der Waals surface area contributed by atoms with Gasteiger partial charge in [-0.1, -0.05) is 44.2 Å². The molecule has 0 saturated heterocycles. The van der Waals surface area contributed by atoms with Crippen LogP contribution in [0, 0.1) is 5.92 Å². The summed E-state index contributed by atoms with van der Waals surface area (Å²) in [6.45, 7) is 4.16. The molecule has 128 valence electrons. The van der Waals surface area contributed by atoms with Crippen molar-refractivity contribution in [1.82, 2.24) is 5.32 Å². The zero-order valence-corrected chi connectivity index (χ0v) is 13.8. The van der Waals surface area contributed by atoms with Gasteiger partial charge in [-0.3, -0.25) is 0 Å². The van der Waals surface area contributed by atoms with Gasteiger partial charge in [0.15, 0.2) is 6.10 Å². The molecule has 0 bridgehead atoms. The molecule has 0 radical (unpaired) electrons. The number of aliphatic hydroxyl groups excluding tert-OH is 1. The number of carbonyl (C=O) groups is 2. The molecule has 6 heteroatoms. The average molecular weight is 323 g/mol. The van der Waals surface area contributed by atoms with Crippen LogP contribution in [0.25, 0.3) is 0 Å². The largest absolute Gasteiger partial charge is 0.467 e. The molecule has 0 aliphatic rings. The Morgan fingerprint density at radius 3 is 2.39 bits per heavy atom. The van der Waals surface area contributed by atoms with Crippen molar-refractivity contribution in [2.75, 3.05) is 7.11 Å². The number of hydrogen-bond donors (Lipinski definition) is 2. The molecule has 1 aromatic rings. The van der Waals surface area contributed by atoms with Gasteiger partial charge >= 0.3 is 12.1 Å². The van der Waals surface area contributed by atoms with Gasteiger partial charge in [0.05, 0.1) is 7.11 Å². The number of benzene rings is 1. The number of methoxy groups -OCH3 is 1. The third-order valence-corrected chi connectivity index (χ3v) is 3.27. The molecule has 23 heavy (non-hydrogen) atoms. The summed E-state index contributed by atoms with van der Waals surface area (Å²) in [4.78, 5) is 23.2. The van der Waals surface area contributed by atoms with Crippen molar-refractivity contribution >= 4 is 12.1 Å². The van der Waals surface area contributed by atoms with E-state index in [2.05, 4.69) is 10.1 Å². The first-order chi connectivity index (χ1) is 10.9. The lowest BCUT2D eigenvalue weighted by molar-refractivity contribution is -0.151. The molecule has 6 nitrogen and oxygen atoms in total. The molecule has 0 aliphatic heterocycles. The minimum absolute atomic E-state index is 0.0886. The number of nitrogens with one attached hydrogen (secondary N) is 1. The van der Waals surface area contributed by atoms with E-state index in [1.165, 1.54) is 7.11 Å². The maximum atomic E-state index is 11.9. The third-order valence-electron chi connectivity index (χ3n) is 3.27. The Labute approximate surface area is 136 Å². The van der Waals surface area contributed by atoms with Crippen molar-refractivity contribution in [2.45, 2.75) is 45.4 Å². The smallest absolute Gasteiger partial charge is 0.407 e. The Morgan fingerprint density at radius 2 is 1.83 bits per heavy atom. The van der Waals surface area contributed by atoms with Crippen LogP contribution in [0.5, 0.6) is 0 Å². The number of hydrogen-bond acceptors (Lipinski definition) is 5. The van der Waals surface area contributed by atoms with Crippen molar-refractivity contribution in [2.24, 2.45) is 5.92 Å². The molecule has 0 fully saturated rings. The number of aliphatic hydroxyl groups is 1. The molecule has 1 amide bonds. The molecule has 0 spiro atoms. The fourth-order valence-corrected chi connectivity index (χ4v) is 2.22. The Balaban J connectivity index is 2.51. The molecule has 0 unspecified atom stereocenters. The highest BCUT2D eigenvalue weighted by atomic mass is 16.5. The molecule has 1 rings (SSSR count). The molecular weight excluding hydrogens is 298 g/mol. The Hall–Kier alpha value is -2.08. The first kappa shape index (κ1) is 19.0. The summed E-state index contributed by atoms with van der Waals surface area (Å²) >= 11 is 0. The van der Waals surface area contributed by atoms with Crippen LogP contribution in [0.15, 0.2) is 30.3 Å². The van der Waals surface area contributed by atoms with Crippen LogP contribution in [0.2, 0.25) is 0 Å². The Bertz CT molecular complexity index is 489. The van der Waals surface area contributed by atoms with Crippen LogP contribution in [0.3, 0.4) is 0 Å². The number of rotatable bonds is 8. The van der Waals surface area contributed by atoms with Gasteiger partial charge in [0.2, 0.25) is 0 Å². The first-order valence-electron chi connectivity index (χ1n) is 7.65. The van der Waals surface area contributed by atoms with Crippen molar-refractivity contribution in [3.8, 4) is 0 Å². The lowest BCUT2D eigenvalue weighted by Crippen LogP contribution is -2.40. The van der Waals surface area contributed by atoms with E-state index in [-0.39, 0.29) is 19.1 Å². The second-order valence-corrected chi connectivity index (χ2v) is 5.81. The molecule has 1 aromatic carbocycles. The van der Waals surface area contributed by atoms with Gasteiger partial charge < -0.3 is 19.9 Å². The van der Waals surface area contributed by atoms with E-state index in [4.69, 9.17) is 4.74 Å². The average Bonchev–Trinajstić information content (AvgIpc) is 2.52.